The number of hydrogen-bond acceptors (Lipinski definition) is 7. The van der Waals surface area contributed by atoms with Gasteiger partial charge in [-0.1, -0.05) is 6.07 Å². The van der Waals surface area contributed by atoms with E-state index in [2.05, 4.69) is 4.98 Å². The summed E-state index contributed by atoms with van der Waals surface area (Å²) >= 11 is 0. The first-order valence-electron chi connectivity index (χ1n) is 11.3. The summed E-state index contributed by atoms with van der Waals surface area (Å²) in [5.41, 5.74) is 1.66. The van der Waals surface area contributed by atoms with Crippen molar-refractivity contribution in [1.82, 2.24) is 15.4 Å². The maximum absolute atomic E-state index is 13.6. The summed E-state index contributed by atoms with van der Waals surface area (Å²) in [6.45, 7) is 1.15. The zero-order valence-corrected chi connectivity index (χ0v) is 22.7. The molecular weight excluding hydrogens is 582 g/mol. The fourth-order valence-corrected chi connectivity index (χ4v) is 6.26. The lowest BCUT2D eigenvalue weighted by molar-refractivity contribution is -0.137. The van der Waals surface area contributed by atoms with Gasteiger partial charge in [0.05, 0.1) is 10.5 Å². The average Bonchev–Trinajstić information content (AvgIpc) is 2.89. The highest BCUT2D eigenvalue weighted by molar-refractivity contribution is 7.93. The van der Waals surface area contributed by atoms with Crippen molar-refractivity contribution >= 4 is 40.6 Å². The number of alkyl halides is 3. The molecule has 0 spiro atoms. The highest BCUT2D eigenvalue weighted by Gasteiger charge is 2.52. The third kappa shape index (κ3) is 7.00. The number of nitrogens with one attached hydrogen (secondary N) is 1. The molecule has 2 N–H and O–H groups in total. The van der Waals surface area contributed by atoms with E-state index >= 15 is 0 Å². The van der Waals surface area contributed by atoms with Gasteiger partial charge in [-0.15, -0.1) is 24.8 Å². The number of nitrogens with zero attached hydrogens (tertiary/aromatic N) is 2. The Hall–Kier alpha value is -2.90. The number of ether oxygens (including phenoxy) is 1. The zero-order valence-electron chi connectivity index (χ0n) is 20.3. The summed E-state index contributed by atoms with van der Waals surface area (Å²) in [6, 6.07) is 13.0. The van der Waals surface area contributed by atoms with Crippen molar-refractivity contribution in [3.05, 3.63) is 84.2 Å². The van der Waals surface area contributed by atoms with Crippen LogP contribution < -0.4 is 10.2 Å². The van der Waals surface area contributed by atoms with Crippen molar-refractivity contribution in [1.29, 1.82) is 0 Å². The van der Waals surface area contributed by atoms with Crippen LogP contribution >= 0.6 is 24.8 Å². The lowest BCUT2D eigenvalue weighted by atomic mass is 9.94. The second-order valence-electron chi connectivity index (χ2n) is 8.67. The molecule has 0 radical (unpaired) electrons. The van der Waals surface area contributed by atoms with Gasteiger partial charge < -0.3 is 4.74 Å². The molecule has 3 aromatic rings. The van der Waals surface area contributed by atoms with Gasteiger partial charge in [-0.25, -0.2) is 13.9 Å². The van der Waals surface area contributed by atoms with Crippen molar-refractivity contribution in [2.45, 2.75) is 35.2 Å². The molecule has 1 fully saturated rings. The van der Waals surface area contributed by atoms with E-state index in [1.54, 1.807) is 18.5 Å². The Morgan fingerprint density at radius 1 is 1.00 bits per heavy atom. The van der Waals surface area contributed by atoms with Crippen molar-refractivity contribution < 1.29 is 36.3 Å². The van der Waals surface area contributed by atoms with E-state index in [4.69, 9.17) is 4.74 Å². The number of pyridine rings is 1. The number of aromatic nitrogens is 1. The Kier molecular flexibility index (Phi) is 10.7. The van der Waals surface area contributed by atoms with E-state index in [1.165, 1.54) is 29.7 Å². The number of rotatable bonds is 7. The lowest BCUT2D eigenvalue weighted by Gasteiger charge is -2.39. The monoisotopic (exact) mass is 607 g/mol. The number of halogens is 5. The number of benzene rings is 2. The van der Waals surface area contributed by atoms with Crippen LogP contribution in [-0.2, 0) is 27.4 Å². The molecule has 2 heterocycles. The zero-order chi connectivity index (χ0) is 26.7. The standard InChI is InChI=1S/C25H24F3N3O5S.2ClH/c26-25(27,28)19-3-5-20(6-4-19)36-21-7-9-22(10-8-21)37(34,35)24(23(32)30-33)11-14-31(15-12-24)17-18-2-1-13-29-16-18;;/h1-10,13,16,33H,11-12,14-15,17H2,(H,30,32);2*1H. The number of carbonyl (C=O) groups excluding carboxylic acids is 1. The van der Waals surface area contributed by atoms with Crippen molar-refractivity contribution in [2.75, 3.05) is 13.1 Å². The number of hydrogen-bond donors (Lipinski definition) is 2. The molecule has 1 amide bonds. The minimum absolute atomic E-state index is 0. The van der Waals surface area contributed by atoms with Crippen LogP contribution in [0.3, 0.4) is 0 Å². The number of likely N-dealkylation sites (tertiary alicyclic amines) is 1. The van der Waals surface area contributed by atoms with Crippen LogP contribution in [0.1, 0.15) is 24.0 Å². The van der Waals surface area contributed by atoms with Gasteiger partial charge in [0.1, 0.15) is 11.5 Å². The Morgan fingerprint density at radius 2 is 1.56 bits per heavy atom. The van der Waals surface area contributed by atoms with E-state index in [0.717, 1.165) is 29.8 Å². The normalized spacial score (nSPS) is 15.4. The van der Waals surface area contributed by atoms with Crippen LogP contribution in [-0.4, -0.2) is 47.3 Å². The fraction of sp³-hybridized carbons (Fsp3) is 0.280. The molecule has 0 atom stereocenters. The third-order valence-corrected chi connectivity index (χ3v) is 8.89. The molecule has 0 aliphatic carbocycles. The molecule has 14 heteroatoms. The van der Waals surface area contributed by atoms with Crippen LogP contribution in [0.4, 0.5) is 13.2 Å². The first-order chi connectivity index (χ1) is 17.5. The minimum Gasteiger partial charge on any atom is -0.457 e. The van der Waals surface area contributed by atoms with Crippen molar-refractivity contribution in [3.8, 4) is 11.5 Å². The summed E-state index contributed by atoms with van der Waals surface area (Å²) in [4.78, 5) is 18.6. The van der Waals surface area contributed by atoms with E-state index in [9.17, 15) is 31.6 Å². The van der Waals surface area contributed by atoms with Gasteiger partial charge in [-0.05, 0) is 73.0 Å². The molecule has 1 saturated heterocycles. The number of carbonyl (C=O) groups is 1. The van der Waals surface area contributed by atoms with E-state index in [0.29, 0.717) is 19.6 Å². The predicted molar refractivity (Wildman–Crippen MR) is 141 cm³/mol. The number of piperidine rings is 1. The van der Waals surface area contributed by atoms with Crippen molar-refractivity contribution in [2.24, 2.45) is 0 Å². The summed E-state index contributed by atoms with van der Waals surface area (Å²) in [7, 11) is -4.23. The van der Waals surface area contributed by atoms with Gasteiger partial charge >= 0.3 is 6.18 Å². The summed E-state index contributed by atoms with van der Waals surface area (Å²) in [5, 5.41) is 9.37. The molecule has 0 unspecified atom stereocenters. The smallest absolute Gasteiger partial charge is 0.416 e. The van der Waals surface area contributed by atoms with Gasteiger partial charge in [0, 0.05) is 32.0 Å². The van der Waals surface area contributed by atoms with Gasteiger partial charge in [0.25, 0.3) is 5.91 Å². The first-order valence-corrected chi connectivity index (χ1v) is 12.8. The maximum atomic E-state index is 13.6. The molecule has 0 saturated carbocycles. The topological polar surface area (TPSA) is 109 Å². The van der Waals surface area contributed by atoms with Crippen LogP contribution in [0, 0.1) is 0 Å². The second kappa shape index (κ2) is 13.0. The lowest BCUT2D eigenvalue weighted by Crippen LogP contribution is -2.57. The molecular formula is C25H26Cl2F3N3O5S. The quantitative estimate of drug-likeness (QED) is 0.286. The van der Waals surface area contributed by atoms with Gasteiger partial charge in [-0.2, -0.15) is 13.2 Å². The summed E-state index contributed by atoms with van der Waals surface area (Å²) in [6.07, 6.45) is -1.17. The highest BCUT2D eigenvalue weighted by Crippen LogP contribution is 2.37. The minimum atomic E-state index is -4.47. The Balaban J connectivity index is 0.00000267. The molecule has 1 aliphatic heterocycles. The Labute approximate surface area is 235 Å². The molecule has 1 aliphatic rings. The molecule has 1 aromatic heterocycles. The summed E-state index contributed by atoms with van der Waals surface area (Å²) in [5.74, 6) is -0.662. The van der Waals surface area contributed by atoms with Crippen LogP contribution in [0.5, 0.6) is 11.5 Å². The fourth-order valence-electron chi connectivity index (χ4n) is 4.30. The Morgan fingerprint density at radius 3 is 2.05 bits per heavy atom. The highest BCUT2D eigenvalue weighted by atomic mass is 35.5. The van der Waals surface area contributed by atoms with E-state index < -0.39 is 32.2 Å². The van der Waals surface area contributed by atoms with Crippen molar-refractivity contribution in [3.63, 3.8) is 0 Å². The molecule has 0 bridgehead atoms. The molecule has 39 heavy (non-hydrogen) atoms. The van der Waals surface area contributed by atoms with Crippen LogP contribution in [0.25, 0.3) is 0 Å². The molecule has 212 valence electrons. The second-order valence-corrected chi connectivity index (χ2v) is 10.9. The summed E-state index contributed by atoms with van der Waals surface area (Å²) < 4.78 is 69.1. The van der Waals surface area contributed by atoms with Crippen LogP contribution in [0.2, 0.25) is 0 Å². The van der Waals surface area contributed by atoms with E-state index in [-0.39, 0.29) is 54.1 Å². The van der Waals surface area contributed by atoms with E-state index in [1.807, 2.05) is 11.0 Å². The average molecular weight is 608 g/mol. The maximum Gasteiger partial charge on any atom is 0.416 e. The van der Waals surface area contributed by atoms with Crippen LogP contribution in [0.15, 0.2) is 78.0 Å². The SMILES string of the molecule is Cl.Cl.O=C(NO)C1(S(=O)(=O)c2ccc(Oc3ccc(C(F)(F)F)cc3)cc2)CCN(Cc2cccnc2)CC1. The van der Waals surface area contributed by atoms with Gasteiger partial charge in [-0.3, -0.25) is 19.9 Å². The first kappa shape index (κ1) is 32.3. The molecule has 8 nitrogen and oxygen atoms in total. The largest absolute Gasteiger partial charge is 0.457 e. The number of sulfone groups is 1. The van der Waals surface area contributed by atoms with Gasteiger partial charge in [0.2, 0.25) is 0 Å². The predicted octanol–water partition coefficient (Wildman–Crippen LogP) is 5.05. The molecule has 4 rings (SSSR count). The number of hydroxylamine groups is 1. The Bertz CT molecular complexity index is 1340. The van der Waals surface area contributed by atoms with Gasteiger partial charge in [0.15, 0.2) is 14.6 Å². The third-order valence-electron chi connectivity index (χ3n) is 6.37. The molecule has 2 aromatic carbocycles. The number of amides is 1.